The van der Waals surface area contributed by atoms with Gasteiger partial charge in [-0.05, 0) is 110 Å². The molecule has 5 heteroatoms. The third-order valence-corrected chi connectivity index (χ3v) is 11.2. The van der Waals surface area contributed by atoms with Crippen molar-refractivity contribution in [2.75, 3.05) is 11.6 Å². The van der Waals surface area contributed by atoms with Crippen LogP contribution < -0.4 is 9.64 Å². The highest BCUT2D eigenvalue weighted by molar-refractivity contribution is 6.09. The first-order valence-electron chi connectivity index (χ1n) is 16.8. The molecule has 3 aromatic carbocycles. The zero-order valence-corrected chi connectivity index (χ0v) is 26.6. The molecule has 5 aliphatic rings. The van der Waals surface area contributed by atoms with Gasteiger partial charge < -0.3 is 14.5 Å². The van der Waals surface area contributed by atoms with Crippen molar-refractivity contribution in [2.24, 2.45) is 17.8 Å². The lowest BCUT2D eigenvalue weighted by Crippen LogP contribution is -2.58. The Morgan fingerprint density at radius 2 is 1.47 bits per heavy atom. The Morgan fingerprint density at radius 3 is 2.24 bits per heavy atom. The number of pyridine rings is 1. The molecular formula is C40H42N4O. The van der Waals surface area contributed by atoms with Gasteiger partial charge in [0.25, 0.3) is 0 Å². The zero-order valence-electron chi connectivity index (χ0n) is 26.6. The van der Waals surface area contributed by atoms with E-state index < -0.39 is 0 Å². The Kier molecular flexibility index (Phi) is 5.94. The van der Waals surface area contributed by atoms with Crippen LogP contribution in [0.5, 0.6) is 11.5 Å². The quantitative estimate of drug-likeness (QED) is 0.203. The van der Waals surface area contributed by atoms with Gasteiger partial charge in [0, 0.05) is 52.7 Å². The number of nitrogens with zero attached hydrogens (tertiary/aromatic N) is 4. The first kappa shape index (κ1) is 27.1. The number of hydrogen-bond acceptors (Lipinski definition) is 4. The van der Waals surface area contributed by atoms with Crippen molar-refractivity contribution in [1.82, 2.24) is 14.5 Å². The summed E-state index contributed by atoms with van der Waals surface area (Å²) in [5.41, 5.74) is 5.09. The Morgan fingerprint density at radius 1 is 0.733 bits per heavy atom. The third kappa shape index (κ3) is 4.54. The first-order valence-corrected chi connectivity index (χ1v) is 16.8. The molecular weight excluding hydrogens is 552 g/mol. The number of aromatic nitrogens is 2. The molecule has 4 aliphatic carbocycles. The number of fused-ring (bicyclic) bond motifs is 3. The summed E-state index contributed by atoms with van der Waals surface area (Å²) in [6.45, 7) is 7.67. The second kappa shape index (κ2) is 9.87. The van der Waals surface area contributed by atoms with Crippen LogP contribution in [-0.4, -0.2) is 26.7 Å². The molecule has 0 atom stereocenters. The molecule has 1 aliphatic heterocycles. The van der Waals surface area contributed by atoms with Crippen LogP contribution in [0.15, 0.2) is 97.5 Å². The number of anilines is 1. The van der Waals surface area contributed by atoms with Gasteiger partial charge in [-0.1, -0.05) is 45.0 Å². The number of ether oxygens (including phenoxy) is 1. The third-order valence-electron chi connectivity index (χ3n) is 11.2. The molecule has 10 rings (SSSR count). The van der Waals surface area contributed by atoms with E-state index >= 15 is 0 Å². The summed E-state index contributed by atoms with van der Waals surface area (Å²) in [7, 11) is 0. The standard InChI is InChI=1S/C40H42N4O/c1-39(2,3)30-13-14-41-38(20-30)44-36-10-5-4-9-34(36)35-12-11-33(22-37(35)44)45-32-8-6-7-31(21-32)42-15-16-43(26-42)40-23-27-17-28(24-40)19-29(18-27)25-40/h4-16,20-22,27-29H,17-19,23-26H2,1-3H3. The van der Waals surface area contributed by atoms with Crippen LogP contribution in [0.2, 0.25) is 0 Å². The van der Waals surface area contributed by atoms with Crippen LogP contribution in [0.4, 0.5) is 5.69 Å². The summed E-state index contributed by atoms with van der Waals surface area (Å²) in [4.78, 5) is 9.91. The lowest BCUT2D eigenvalue weighted by molar-refractivity contribution is -0.0673. The topological polar surface area (TPSA) is 33.5 Å². The van der Waals surface area contributed by atoms with Crippen LogP contribution in [0.1, 0.15) is 64.9 Å². The number of benzene rings is 3. The minimum atomic E-state index is 0.0343. The van der Waals surface area contributed by atoms with E-state index in [-0.39, 0.29) is 5.41 Å². The molecule has 45 heavy (non-hydrogen) atoms. The van der Waals surface area contributed by atoms with Gasteiger partial charge in [-0.3, -0.25) is 4.57 Å². The minimum absolute atomic E-state index is 0.0343. The summed E-state index contributed by atoms with van der Waals surface area (Å²) in [5.74, 6) is 5.45. The Hall–Kier alpha value is -4.25. The second-order valence-corrected chi connectivity index (χ2v) is 15.3. The van der Waals surface area contributed by atoms with E-state index in [9.17, 15) is 0 Å². The summed E-state index contributed by atoms with van der Waals surface area (Å²) < 4.78 is 8.86. The van der Waals surface area contributed by atoms with E-state index in [2.05, 4.69) is 126 Å². The van der Waals surface area contributed by atoms with Crippen LogP contribution in [-0.2, 0) is 5.41 Å². The molecule has 4 bridgehead atoms. The maximum atomic E-state index is 6.58. The van der Waals surface area contributed by atoms with Crippen molar-refractivity contribution in [3.05, 3.63) is 103 Å². The van der Waals surface area contributed by atoms with Crippen molar-refractivity contribution in [2.45, 2.75) is 70.3 Å². The Balaban J connectivity index is 1.01. The van der Waals surface area contributed by atoms with Crippen LogP contribution in [0.25, 0.3) is 27.6 Å². The molecule has 4 saturated carbocycles. The van der Waals surface area contributed by atoms with Gasteiger partial charge in [-0.2, -0.15) is 0 Å². The summed E-state index contributed by atoms with van der Waals surface area (Å²) in [5, 5.41) is 2.41. The molecule has 0 radical (unpaired) electrons. The fraction of sp³-hybridized carbons (Fsp3) is 0.375. The van der Waals surface area contributed by atoms with Gasteiger partial charge in [-0.15, -0.1) is 0 Å². The molecule has 2 aromatic heterocycles. The van der Waals surface area contributed by atoms with Crippen molar-refractivity contribution in [1.29, 1.82) is 0 Å². The molecule has 0 spiro atoms. The summed E-state index contributed by atoms with van der Waals surface area (Å²) >= 11 is 0. The molecule has 228 valence electrons. The second-order valence-electron chi connectivity index (χ2n) is 15.3. The van der Waals surface area contributed by atoms with Gasteiger partial charge in [0.1, 0.15) is 17.3 Å². The normalized spacial score (nSPS) is 25.6. The molecule has 0 unspecified atom stereocenters. The summed E-state index contributed by atoms with van der Waals surface area (Å²) in [6.07, 6.45) is 15.2. The van der Waals surface area contributed by atoms with Gasteiger partial charge in [0.2, 0.25) is 0 Å². The highest BCUT2D eigenvalue weighted by Crippen LogP contribution is 2.58. The lowest BCUT2D eigenvalue weighted by Gasteiger charge is -2.60. The highest BCUT2D eigenvalue weighted by Gasteiger charge is 2.53. The van der Waals surface area contributed by atoms with Gasteiger partial charge >= 0.3 is 0 Å². The fourth-order valence-electron chi connectivity index (χ4n) is 9.44. The number of para-hydroxylation sites is 1. The monoisotopic (exact) mass is 594 g/mol. The lowest BCUT2D eigenvalue weighted by atomic mass is 9.52. The van der Waals surface area contributed by atoms with E-state index in [0.717, 1.165) is 52.8 Å². The smallest absolute Gasteiger partial charge is 0.137 e. The van der Waals surface area contributed by atoms with E-state index in [1.807, 2.05) is 6.20 Å². The summed E-state index contributed by atoms with van der Waals surface area (Å²) in [6, 6.07) is 27.9. The van der Waals surface area contributed by atoms with Gasteiger partial charge in [-0.25, -0.2) is 4.98 Å². The first-order chi connectivity index (χ1) is 21.8. The molecule has 0 amide bonds. The maximum Gasteiger partial charge on any atom is 0.137 e. The maximum absolute atomic E-state index is 6.58. The van der Waals surface area contributed by atoms with Crippen LogP contribution in [0.3, 0.4) is 0 Å². The molecule has 0 saturated heterocycles. The molecule has 0 N–H and O–H groups in total. The zero-order chi connectivity index (χ0) is 30.3. The van der Waals surface area contributed by atoms with Gasteiger partial charge in [0.15, 0.2) is 0 Å². The van der Waals surface area contributed by atoms with Crippen LogP contribution in [0, 0.1) is 17.8 Å². The fourth-order valence-corrected chi connectivity index (χ4v) is 9.44. The Bertz CT molecular complexity index is 1930. The van der Waals surface area contributed by atoms with Crippen molar-refractivity contribution in [3.8, 4) is 17.3 Å². The average Bonchev–Trinajstić information content (AvgIpc) is 3.65. The average molecular weight is 595 g/mol. The predicted molar refractivity (Wildman–Crippen MR) is 183 cm³/mol. The molecule has 3 heterocycles. The SMILES string of the molecule is CC(C)(C)c1ccnc(-n2c3ccccc3c3ccc(Oc4cccc(N5C=CN(C67CC8CC(CC(C8)C6)C7)C5)c4)cc32)c1. The van der Waals surface area contributed by atoms with Crippen molar-refractivity contribution < 1.29 is 4.74 Å². The molecule has 5 nitrogen and oxygen atoms in total. The largest absolute Gasteiger partial charge is 0.457 e. The van der Waals surface area contributed by atoms with E-state index in [0.29, 0.717) is 5.54 Å². The van der Waals surface area contributed by atoms with Gasteiger partial charge in [0.05, 0.1) is 17.7 Å². The minimum Gasteiger partial charge on any atom is -0.457 e. The van der Waals surface area contributed by atoms with E-state index in [1.165, 1.54) is 60.5 Å². The predicted octanol–water partition coefficient (Wildman–Crippen LogP) is 9.79. The molecule has 5 aromatic rings. The van der Waals surface area contributed by atoms with Crippen molar-refractivity contribution in [3.63, 3.8) is 0 Å². The number of rotatable bonds is 5. The van der Waals surface area contributed by atoms with E-state index in [4.69, 9.17) is 9.72 Å². The van der Waals surface area contributed by atoms with Crippen LogP contribution >= 0.6 is 0 Å². The molecule has 4 fully saturated rings. The highest BCUT2D eigenvalue weighted by atomic mass is 16.5. The van der Waals surface area contributed by atoms with Crippen molar-refractivity contribution >= 4 is 27.5 Å². The Labute approximate surface area is 266 Å². The van der Waals surface area contributed by atoms with E-state index in [1.54, 1.807) is 0 Å². The number of hydrogen-bond donors (Lipinski definition) is 0.